The van der Waals surface area contributed by atoms with Gasteiger partial charge in [0.05, 0.1) is 6.61 Å². The predicted octanol–water partition coefficient (Wildman–Crippen LogP) is 4.28. The maximum Gasteiger partial charge on any atom is 0.227 e. The largest absolute Gasteiger partial charge is 0.490 e. The van der Waals surface area contributed by atoms with Crippen molar-refractivity contribution in [3.63, 3.8) is 0 Å². The van der Waals surface area contributed by atoms with Crippen molar-refractivity contribution in [2.75, 3.05) is 25.6 Å². The third-order valence-electron chi connectivity index (χ3n) is 5.93. The second kappa shape index (κ2) is 8.39. The second-order valence-corrected chi connectivity index (χ2v) is 11.4. The standard InChI is InChI=1S/C24H28FNO5S/c1-24(2,3)23(27)26-10-8-16(9-11-26)14-30-20-6-4-17(12-19(20)25)18-5-7-22-21(13-18)31-15-32(22,28)29/h4-7,12-13,16H,8-11,14-15H2,1-3H3. The van der Waals surface area contributed by atoms with E-state index in [0.29, 0.717) is 36.6 Å². The van der Waals surface area contributed by atoms with Gasteiger partial charge >= 0.3 is 0 Å². The summed E-state index contributed by atoms with van der Waals surface area (Å²) in [7, 11) is -3.39. The third kappa shape index (κ3) is 4.60. The molecule has 8 heteroatoms. The van der Waals surface area contributed by atoms with Crippen LogP contribution in [0.3, 0.4) is 0 Å². The number of sulfone groups is 1. The van der Waals surface area contributed by atoms with E-state index in [1.165, 1.54) is 12.1 Å². The summed E-state index contributed by atoms with van der Waals surface area (Å²) in [6, 6.07) is 9.47. The van der Waals surface area contributed by atoms with Gasteiger partial charge in [-0.05, 0) is 54.2 Å². The first kappa shape index (κ1) is 22.6. The van der Waals surface area contributed by atoms with Crippen molar-refractivity contribution in [2.45, 2.75) is 38.5 Å². The Labute approximate surface area is 188 Å². The molecule has 0 bridgehead atoms. The number of fused-ring (bicyclic) bond motifs is 1. The Bertz CT molecular complexity index is 1130. The van der Waals surface area contributed by atoms with Crippen LogP contribution in [0.4, 0.5) is 4.39 Å². The number of piperidine rings is 1. The highest BCUT2D eigenvalue weighted by atomic mass is 32.2. The van der Waals surface area contributed by atoms with Crippen molar-refractivity contribution in [2.24, 2.45) is 11.3 Å². The van der Waals surface area contributed by atoms with Crippen molar-refractivity contribution in [1.29, 1.82) is 0 Å². The predicted molar refractivity (Wildman–Crippen MR) is 119 cm³/mol. The Morgan fingerprint density at radius 3 is 2.44 bits per heavy atom. The zero-order valence-electron chi connectivity index (χ0n) is 18.6. The van der Waals surface area contributed by atoms with Crippen molar-refractivity contribution in [1.82, 2.24) is 4.90 Å². The minimum atomic E-state index is -3.39. The topological polar surface area (TPSA) is 72.9 Å². The minimum Gasteiger partial charge on any atom is -0.490 e. The molecule has 2 aliphatic rings. The fourth-order valence-electron chi connectivity index (χ4n) is 4.04. The maximum absolute atomic E-state index is 14.7. The molecule has 2 aromatic carbocycles. The van der Waals surface area contributed by atoms with Gasteiger partial charge in [-0.3, -0.25) is 4.79 Å². The Hall–Kier alpha value is -2.61. The van der Waals surface area contributed by atoms with Crippen LogP contribution < -0.4 is 9.47 Å². The number of carbonyl (C=O) groups excluding carboxylic acids is 1. The van der Waals surface area contributed by atoms with Crippen molar-refractivity contribution in [3.8, 4) is 22.6 Å². The van der Waals surface area contributed by atoms with Crippen LogP contribution in [0.25, 0.3) is 11.1 Å². The van der Waals surface area contributed by atoms with Crippen LogP contribution in [0.15, 0.2) is 41.3 Å². The van der Waals surface area contributed by atoms with Gasteiger partial charge in [0.2, 0.25) is 15.7 Å². The second-order valence-electron chi connectivity index (χ2n) is 9.48. The number of hydrogen-bond donors (Lipinski definition) is 0. The van der Waals surface area contributed by atoms with E-state index in [4.69, 9.17) is 9.47 Å². The average molecular weight is 462 g/mol. The SMILES string of the molecule is CC(C)(C)C(=O)N1CCC(COc2ccc(-c3ccc4c(c3)OCS4(=O)=O)cc2F)CC1. The Balaban J connectivity index is 1.37. The lowest BCUT2D eigenvalue weighted by Crippen LogP contribution is -2.44. The van der Waals surface area contributed by atoms with Crippen LogP contribution in [0.5, 0.6) is 11.5 Å². The van der Waals surface area contributed by atoms with Crippen molar-refractivity contribution < 1.29 is 27.1 Å². The van der Waals surface area contributed by atoms with Gasteiger partial charge < -0.3 is 14.4 Å². The van der Waals surface area contributed by atoms with Crippen LogP contribution in [-0.2, 0) is 14.6 Å². The highest BCUT2D eigenvalue weighted by molar-refractivity contribution is 7.91. The molecule has 0 saturated carbocycles. The molecule has 6 nitrogen and oxygen atoms in total. The summed E-state index contributed by atoms with van der Waals surface area (Å²) in [5.41, 5.74) is 0.898. The van der Waals surface area contributed by atoms with E-state index < -0.39 is 15.7 Å². The number of hydrogen-bond acceptors (Lipinski definition) is 5. The molecule has 32 heavy (non-hydrogen) atoms. The fourth-order valence-corrected chi connectivity index (χ4v) is 5.15. The monoisotopic (exact) mass is 461 g/mol. The molecule has 2 aliphatic heterocycles. The van der Waals surface area contributed by atoms with Gasteiger partial charge in [0.25, 0.3) is 0 Å². The number of likely N-dealkylation sites (tertiary alicyclic amines) is 1. The summed E-state index contributed by atoms with van der Waals surface area (Å²) in [6.07, 6.45) is 1.67. The summed E-state index contributed by atoms with van der Waals surface area (Å²) in [5, 5.41) is 0. The zero-order chi connectivity index (χ0) is 23.1. The number of rotatable bonds is 4. The molecule has 172 valence electrons. The highest BCUT2D eigenvalue weighted by Gasteiger charge is 2.31. The zero-order valence-corrected chi connectivity index (χ0v) is 19.4. The summed E-state index contributed by atoms with van der Waals surface area (Å²) < 4.78 is 49.4. The highest BCUT2D eigenvalue weighted by Crippen LogP contribution is 2.36. The van der Waals surface area contributed by atoms with Gasteiger partial charge in [0.1, 0.15) is 10.6 Å². The number of carbonyl (C=O) groups is 1. The van der Waals surface area contributed by atoms with E-state index in [1.807, 2.05) is 25.7 Å². The maximum atomic E-state index is 14.7. The first-order valence-corrected chi connectivity index (χ1v) is 12.4. The molecular formula is C24H28FNO5S. The van der Waals surface area contributed by atoms with Gasteiger partial charge in [0, 0.05) is 18.5 Å². The number of amides is 1. The normalized spacial score (nSPS) is 18.2. The van der Waals surface area contributed by atoms with E-state index >= 15 is 0 Å². The molecule has 0 unspecified atom stereocenters. The lowest BCUT2D eigenvalue weighted by atomic mass is 9.91. The summed E-state index contributed by atoms with van der Waals surface area (Å²) in [4.78, 5) is 14.5. The molecule has 0 N–H and O–H groups in total. The molecule has 1 fully saturated rings. The molecule has 0 aromatic heterocycles. The molecule has 2 aromatic rings. The van der Waals surface area contributed by atoms with Gasteiger partial charge in [-0.25, -0.2) is 12.8 Å². The number of ether oxygens (including phenoxy) is 2. The quantitative estimate of drug-likeness (QED) is 0.680. The van der Waals surface area contributed by atoms with E-state index in [1.54, 1.807) is 24.3 Å². The molecule has 0 aliphatic carbocycles. The van der Waals surface area contributed by atoms with E-state index in [2.05, 4.69) is 0 Å². The lowest BCUT2D eigenvalue weighted by molar-refractivity contribution is -0.141. The molecule has 2 heterocycles. The fraction of sp³-hybridized carbons (Fsp3) is 0.458. The van der Waals surface area contributed by atoms with Crippen molar-refractivity contribution >= 4 is 15.7 Å². The van der Waals surface area contributed by atoms with Crippen molar-refractivity contribution in [3.05, 3.63) is 42.2 Å². The summed E-state index contributed by atoms with van der Waals surface area (Å²) >= 11 is 0. The van der Waals surface area contributed by atoms with Gasteiger partial charge in [0.15, 0.2) is 17.5 Å². The van der Waals surface area contributed by atoms with Gasteiger partial charge in [-0.1, -0.05) is 32.9 Å². The molecule has 0 spiro atoms. The minimum absolute atomic E-state index is 0.160. The molecule has 4 rings (SSSR count). The molecule has 0 atom stereocenters. The van der Waals surface area contributed by atoms with Crippen LogP contribution in [0.2, 0.25) is 0 Å². The molecule has 1 saturated heterocycles. The van der Waals surface area contributed by atoms with E-state index in [-0.39, 0.29) is 33.8 Å². The first-order chi connectivity index (χ1) is 15.0. The summed E-state index contributed by atoms with van der Waals surface area (Å²) in [6.45, 7) is 7.57. The molecule has 0 radical (unpaired) electrons. The Morgan fingerprint density at radius 1 is 1.12 bits per heavy atom. The Morgan fingerprint density at radius 2 is 1.78 bits per heavy atom. The number of nitrogens with zero attached hydrogens (tertiary/aromatic N) is 1. The van der Waals surface area contributed by atoms with E-state index in [9.17, 15) is 17.6 Å². The first-order valence-electron chi connectivity index (χ1n) is 10.8. The molecular weight excluding hydrogens is 433 g/mol. The average Bonchev–Trinajstić information content (AvgIpc) is 3.06. The number of halogens is 1. The Kier molecular flexibility index (Phi) is 5.92. The lowest BCUT2D eigenvalue weighted by Gasteiger charge is -2.35. The van der Waals surface area contributed by atoms with E-state index in [0.717, 1.165) is 12.8 Å². The van der Waals surface area contributed by atoms with Crippen LogP contribution >= 0.6 is 0 Å². The van der Waals surface area contributed by atoms with Crippen LogP contribution in [0.1, 0.15) is 33.6 Å². The van der Waals surface area contributed by atoms with Gasteiger partial charge in [-0.15, -0.1) is 0 Å². The smallest absolute Gasteiger partial charge is 0.227 e. The van der Waals surface area contributed by atoms with Gasteiger partial charge in [-0.2, -0.15) is 0 Å². The summed E-state index contributed by atoms with van der Waals surface area (Å²) in [5.74, 6) is 0.0660. The third-order valence-corrected chi connectivity index (χ3v) is 7.37. The van der Waals surface area contributed by atoms with Crippen LogP contribution in [-0.4, -0.2) is 44.9 Å². The molecule has 1 amide bonds. The van der Waals surface area contributed by atoms with Crippen LogP contribution in [0, 0.1) is 17.2 Å². The number of benzene rings is 2.